The molecule has 0 atom stereocenters. The maximum atomic E-state index is 13.5. The molecule has 0 saturated carbocycles. The summed E-state index contributed by atoms with van der Waals surface area (Å²) >= 11 is 0. The Bertz CT molecular complexity index is 762. The second kappa shape index (κ2) is 8.56. The maximum Gasteiger partial charge on any atom is 0.540 e. The van der Waals surface area contributed by atoms with Crippen molar-refractivity contribution < 1.29 is 114 Å². The van der Waals surface area contributed by atoms with Gasteiger partial charge in [-0.1, -0.05) is 0 Å². The minimum Gasteiger partial charge on any atom is -0.216 e. The quantitative estimate of drug-likeness (QED) is 0.189. The van der Waals surface area contributed by atoms with Crippen LogP contribution >= 0.6 is 7.88 Å². The second-order valence-electron chi connectivity index (χ2n) is 6.63. The normalized spacial score (nSPS) is 17.2. The Labute approximate surface area is 188 Å². The van der Waals surface area contributed by atoms with Gasteiger partial charge in [-0.3, -0.25) is 0 Å². The third kappa shape index (κ3) is 4.10. The van der Waals surface area contributed by atoms with Crippen molar-refractivity contribution in [1.82, 2.24) is 0 Å². The molecule has 0 N–H and O–H groups in total. The lowest BCUT2D eigenvalue weighted by atomic mass is 9.90. The first kappa shape index (κ1) is 36.6. The first-order valence-corrected chi connectivity index (χ1v) is 9.14. The molecule has 0 rings (SSSR count). The molecule has 230 valence electrons. The van der Waals surface area contributed by atoms with Crippen LogP contribution in [0.3, 0.4) is 0 Å². The van der Waals surface area contributed by atoms with Crippen molar-refractivity contribution in [3.05, 3.63) is 0 Å². The van der Waals surface area contributed by atoms with Crippen molar-refractivity contribution >= 4 is 7.88 Å². The van der Waals surface area contributed by atoms with Gasteiger partial charge in [0.1, 0.15) is 0 Å². The molecule has 0 unspecified atom stereocenters. The van der Waals surface area contributed by atoms with Crippen LogP contribution in [0.5, 0.6) is 0 Å². The summed E-state index contributed by atoms with van der Waals surface area (Å²) in [6.45, 7) is 0. The highest BCUT2D eigenvalue weighted by atomic mass is 31.2. The van der Waals surface area contributed by atoms with E-state index in [1.54, 1.807) is 0 Å². The van der Waals surface area contributed by atoms with E-state index in [0.717, 1.165) is 0 Å². The average molecular weight is 657 g/mol. The van der Waals surface area contributed by atoms with Crippen LogP contribution in [-0.2, 0) is 0 Å². The van der Waals surface area contributed by atoms with Crippen LogP contribution in [0.2, 0.25) is 0 Å². The summed E-state index contributed by atoms with van der Waals surface area (Å²) in [5.41, 5.74) is -37.5. The number of hydrogen-bond donors (Lipinski definition) is 0. The monoisotopic (exact) mass is 657 g/mol. The molecule has 0 heterocycles. The van der Waals surface area contributed by atoms with Crippen LogP contribution in [0.1, 0.15) is 0 Å². The Kier molecular flexibility index (Phi) is 8.24. The fourth-order valence-corrected chi connectivity index (χ4v) is 3.53. The lowest BCUT2D eigenvalue weighted by molar-refractivity contribution is -0.440. The van der Waals surface area contributed by atoms with Crippen molar-refractivity contribution in [3.63, 3.8) is 0 Å². The van der Waals surface area contributed by atoms with Gasteiger partial charge in [0.15, 0.2) is 0 Å². The standard InChI is InChI=1S/C11F26P/c12-1(6(20,21)22,7(23,24)25)3(14,15)5(18,19)11(34,35)38(36,37)10(32,33)4(16,17)2(13,8(26,27)28)9(29,30)31/q+1. The molecule has 0 nitrogen and oxygen atoms in total. The van der Waals surface area contributed by atoms with E-state index >= 15 is 0 Å². The van der Waals surface area contributed by atoms with Crippen LogP contribution in [0.25, 0.3) is 0 Å². The lowest BCUT2D eigenvalue weighted by Gasteiger charge is -2.42. The Morgan fingerprint density at radius 2 is 0.447 bits per heavy atom. The Morgan fingerprint density at radius 1 is 0.263 bits per heavy atom. The van der Waals surface area contributed by atoms with Crippen molar-refractivity contribution in [2.45, 2.75) is 65.1 Å². The molecule has 0 spiro atoms. The van der Waals surface area contributed by atoms with Gasteiger partial charge in [0.05, 0.1) is 0 Å². The average Bonchev–Trinajstić information content (AvgIpc) is 2.61. The van der Waals surface area contributed by atoms with Gasteiger partial charge in [-0.05, 0) is 8.39 Å². The topological polar surface area (TPSA) is 0 Å². The smallest absolute Gasteiger partial charge is 0.216 e. The minimum absolute atomic E-state index is 8.62. The van der Waals surface area contributed by atoms with Crippen LogP contribution in [-0.4, -0.2) is 65.1 Å². The highest BCUT2D eigenvalue weighted by molar-refractivity contribution is 7.68. The predicted octanol–water partition coefficient (Wildman–Crippen LogP) is 9.53. The first-order valence-electron chi connectivity index (χ1n) is 7.57. The highest BCUT2D eigenvalue weighted by Crippen LogP contribution is 2.89. The van der Waals surface area contributed by atoms with Crippen LogP contribution in [0.4, 0.5) is 114 Å². The second-order valence-corrected chi connectivity index (χ2v) is 8.78. The predicted molar refractivity (Wildman–Crippen MR) is 65.8 cm³/mol. The van der Waals surface area contributed by atoms with E-state index in [9.17, 15) is 114 Å². The van der Waals surface area contributed by atoms with E-state index < -0.39 is 73.0 Å². The van der Waals surface area contributed by atoms with E-state index in [1.807, 2.05) is 0 Å². The molecular formula is C11F26P+. The van der Waals surface area contributed by atoms with Gasteiger partial charge >= 0.3 is 73.0 Å². The van der Waals surface area contributed by atoms with Crippen molar-refractivity contribution in [1.29, 1.82) is 0 Å². The van der Waals surface area contributed by atoms with Gasteiger partial charge in [0, 0.05) is 0 Å². The lowest BCUT2D eigenvalue weighted by Crippen LogP contribution is -2.74. The van der Waals surface area contributed by atoms with Crippen LogP contribution in [0.15, 0.2) is 0 Å². The largest absolute Gasteiger partial charge is 0.540 e. The Hall–Kier alpha value is -1.39. The molecule has 0 aromatic rings. The summed E-state index contributed by atoms with van der Waals surface area (Å²) in [7, 11) is -11.4. The van der Waals surface area contributed by atoms with Gasteiger partial charge in [0.25, 0.3) is 0 Å². The Balaban J connectivity index is 7.60. The van der Waals surface area contributed by atoms with Crippen LogP contribution < -0.4 is 0 Å². The van der Waals surface area contributed by atoms with Gasteiger partial charge in [-0.15, -0.1) is 0 Å². The molecule has 38 heavy (non-hydrogen) atoms. The minimum atomic E-state index is -11.4. The molecule has 0 aromatic heterocycles. The molecular weight excluding hydrogens is 657 g/mol. The molecule has 0 aromatic carbocycles. The zero-order chi connectivity index (χ0) is 32.0. The van der Waals surface area contributed by atoms with Gasteiger partial charge in [-0.25, -0.2) is 8.78 Å². The number of hydrogen-bond acceptors (Lipinski definition) is 0. The molecule has 27 heteroatoms. The summed E-state index contributed by atoms with van der Waals surface area (Å²) < 4.78 is 335. The zero-order valence-electron chi connectivity index (χ0n) is 15.8. The Morgan fingerprint density at radius 3 is 0.658 bits per heavy atom. The van der Waals surface area contributed by atoms with Crippen molar-refractivity contribution in [2.24, 2.45) is 0 Å². The molecule has 0 radical (unpaired) electrons. The molecule has 0 aliphatic carbocycles. The molecule has 0 fully saturated rings. The number of rotatable bonds is 7. The fraction of sp³-hybridized carbons (Fsp3) is 1.00. The fourth-order valence-electron chi connectivity index (χ4n) is 2.17. The summed E-state index contributed by atoms with van der Waals surface area (Å²) in [4.78, 5) is 0. The summed E-state index contributed by atoms with van der Waals surface area (Å²) in [6.07, 6.45) is -34.5. The van der Waals surface area contributed by atoms with Crippen molar-refractivity contribution in [3.8, 4) is 0 Å². The molecule has 0 amide bonds. The summed E-state index contributed by atoms with van der Waals surface area (Å²) in [6, 6.07) is 0. The highest BCUT2D eigenvalue weighted by Gasteiger charge is 3.07. The zero-order valence-corrected chi connectivity index (χ0v) is 16.7. The third-order valence-corrected chi connectivity index (χ3v) is 6.26. The van der Waals surface area contributed by atoms with Gasteiger partial charge in [0.2, 0.25) is 0 Å². The number of alkyl halides is 24. The number of halogens is 26. The summed E-state index contributed by atoms with van der Waals surface area (Å²) in [5.74, 6) is -28.7. The van der Waals surface area contributed by atoms with Gasteiger partial charge < -0.3 is 0 Å². The molecule has 0 aliphatic heterocycles. The van der Waals surface area contributed by atoms with E-state index in [2.05, 4.69) is 0 Å². The summed E-state index contributed by atoms with van der Waals surface area (Å²) in [5, 5.41) is 0. The van der Waals surface area contributed by atoms with Gasteiger partial charge in [-0.2, -0.15) is 96.6 Å². The van der Waals surface area contributed by atoms with E-state index in [0.29, 0.717) is 0 Å². The SMILES string of the molecule is FC(F)(F)C(F)(C(F)(F)F)C(F)(F)C(F)(F)C(F)(F)[P+](F)(F)C(F)(F)C(F)(F)C(F)(C(F)(F)F)C(F)(F)F. The maximum absolute atomic E-state index is 13.5. The van der Waals surface area contributed by atoms with E-state index in [4.69, 9.17) is 0 Å². The first-order chi connectivity index (χ1) is 15.8. The van der Waals surface area contributed by atoms with Crippen molar-refractivity contribution in [2.75, 3.05) is 0 Å². The molecule has 0 saturated heterocycles. The molecule has 0 bridgehead atoms. The molecule has 0 aliphatic rings. The van der Waals surface area contributed by atoms with E-state index in [-0.39, 0.29) is 0 Å². The third-order valence-electron chi connectivity index (χ3n) is 4.28. The van der Waals surface area contributed by atoms with Crippen LogP contribution in [0, 0.1) is 0 Å². The van der Waals surface area contributed by atoms with E-state index in [1.165, 1.54) is 0 Å².